The van der Waals surface area contributed by atoms with Crippen molar-refractivity contribution in [1.82, 2.24) is 15.5 Å². The molecule has 17 heavy (non-hydrogen) atoms. The Hall–Kier alpha value is -1.17. The zero-order valence-corrected chi connectivity index (χ0v) is 10.5. The van der Waals surface area contributed by atoms with Crippen LogP contribution in [0.4, 0.5) is 0 Å². The van der Waals surface area contributed by atoms with E-state index in [4.69, 9.17) is 12.2 Å². The molecule has 1 saturated carbocycles. The van der Waals surface area contributed by atoms with E-state index in [1.54, 1.807) is 4.90 Å². The van der Waals surface area contributed by atoms with E-state index >= 15 is 0 Å². The Morgan fingerprint density at radius 1 is 1.18 bits per heavy atom. The number of hydrogen-bond acceptors (Lipinski definition) is 3. The van der Waals surface area contributed by atoms with E-state index in [0.717, 1.165) is 12.8 Å². The highest BCUT2D eigenvalue weighted by atomic mass is 32.1. The second-order valence-electron chi connectivity index (χ2n) is 4.61. The molecule has 2 fully saturated rings. The number of amides is 2. The van der Waals surface area contributed by atoms with Gasteiger partial charge in [0.25, 0.3) is 0 Å². The van der Waals surface area contributed by atoms with E-state index in [9.17, 15) is 9.59 Å². The van der Waals surface area contributed by atoms with E-state index in [1.807, 2.05) is 0 Å². The maximum absolute atomic E-state index is 11.2. The van der Waals surface area contributed by atoms with Crippen LogP contribution in [0.3, 0.4) is 0 Å². The van der Waals surface area contributed by atoms with Gasteiger partial charge in [0.15, 0.2) is 5.11 Å². The fraction of sp³-hybridized carbons (Fsp3) is 0.727. The fourth-order valence-electron chi connectivity index (χ4n) is 2.29. The van der Waals surface area contributed by atoms with E-state index in [1.165, 1.54) is 19.3 Å². The maximum Gasteiger partial charge on any atom is 0.246 e. The first-order chi connectivity index (χ1) is 8.15. The number of rotatable bonds is 1. The summed E-state index contributed by atoms with van der Waals surface area (Å²) in [5.41, 5.74) is 0. The van der Waals surface area contributed by atoms with Gasteiger partial charge in [0, 0.05) is 6.04 Å². The van der Waals surface area contributed by atoms with Gasteiger partial charge in [-0.25, -0.2) is 0 Å². The highest BCUT2D eigenvalue weighted by Gasteiger charge is 2.25. The van der Waals surface area contributed by atoms with Gasteiger partial charge < -0.3 is 10.2 Å². The summed E-state index contributed by atoms with van der Waals surface area (Å²) in [5, 5.41) is 6.04. The molecule has 0 unspecified atom stereocenters. The lowest BCUT2D eigenvalue weighted by molar-refractivity contribution is -0.134. The predicted octanol–water partition coefficient (Wildman–Crippen LogP) is 0.152. The van der Waals surface area contributed by atoms with Crippen molar-refractivity contribution in [2.45, 2.75) is 38.1 Å². The molecule has 0 aromatic rings. The van der Waals surface area contributed by atoms with Crippen LogP contribution in [0.15, 0.2) is 0 Å². The standard InChI is InChI=1S/C11H17N3O2S/c15-9-6-14(7-10(16)13-9)11(17)12-8-4-2-1-3-5-8/h8H,1-7H2,(H,12,17)(H,13,15,16). The smallest absolute Gasteiger partial charge is 0.246 e. The lowest BCUT2D eigenvalue weighted by Crippen LogP contribution is -2.56. The van der Waals surface area contributed by atoms with Crippen LogP contribution < -0.4 is 10.6 Å². The van der Waals surface area contributed by atoms with E-state index in [2.05, 4.69) is 10.6 Å². The van der Waals surface area contributed by atoms with E-state index < -0.39 is 0 Å². The highest BCUT2D eigenvalue weighted by Crippen LogP contribution is 2.17. The number of piperazine rings is 1. The number of nitrogens with one attached hydrogen (secondary N) is 2. The summed E-state index contributed by atoms with van der Waals surface area (Å²) in [6.07, 6.45) is 5.97. The summed E-state index contributed by atoms with van der Waals surface area (Å²) < 4.78 is 0. The van der Waals surface area contributed by atoms with Crippen LogP contribution in [0.1, 0.15) is 32.1 Å². The van der Waals surface area contributed by atoms with Crippen molar-refractivity contribution in [3.63, 3.8) is 0 Å². The minimum Gasteiger partial charge on any atom is -0.360 e. The SMILES string of the molecule is O=C1CN(C(=S)NC2CCCCC2)CC(=O)N1. The average molecular weight is 255 g/mol. The fourth-order valence-corrected chi connectivity index (χ4v) is 2.59. The summed E-state index contributed by atoms with van der Waals surface area (Å²) >= 11 is 5.24. The Morgan fingerprint density at radius 2 is 1.76 bits per heavy atom. The lowest BCUT2D eigenvalue weighted by atomic mass is 9.96. The molecule has 2 aliphatic rings. The van der Waals surface area contributed by atoms with Gasteiger partial charge >= 0.3 is 0 Å². The second-order valence-corrected chi connectivity index (χ2v) is 5.00. The van der Waals surface area contributed by atoms with Crippen molar-refractivity contribution in [2.24, 2.45) is 0 Å². The number of imide groups is 1. The Balaban J connectivity index is 1.86. The quantitative estimate of drug-likeness (QED) is 0.516. The van der Waals surface area contributed by atoms with Gasteiger partial charge in [-0.15, -0.1) is 0 Å². The Labute approximate surface area is 106 Å². The third kappa shape index (κ3) is 3.39. The molecule has 6 heteroatoms. The first-order valence-electron chi connectivity index (χ1n) is 6.03. The first-order valence-corrected chi connectivity index (χ1v) is 6.44. The summed E-state index contributed by atoms with van der Waals surface area (Å²) in [5.74, 6) is -0.567. The minimum atomic E-state index is -0.283. The summed E-state index contributed by atoms with van der Waals surface area (Å²) in [6.45, 7) is 0.342. The molecule has 0 radical (unpaired) electrons. The van der Waals surface area contributed by atoms with Crippen LogP contribution in [0.2, 0.25) is 0 Å². The summed E-state index contributed by atoms with van der Waals surface area (Å²) in [6, 6.07) is 0.399. The third-order valence-corrected chi connectivity index (χ3v) is 3.54. The lowest BCUT2D eigenvalue weighted by Gasteiger charge is -2.31. The molecule has 94 valence electrons. The summed E-state index contributed by atoms with van der Waals surface area (Å²) in [4.78, 5) is 24.1. The topological polar surface area (TPSA) is 61.4 Å². The molecule has 2 amide bonds. The van der Waals surface area contributed by atoms with Crippen LogP contribution in [-0.4, -0.2) is 41.0 Å². The zero-order chi connectivity index (χ0) is 12.3. The Bertz CT molecular complexity index is 324. The van der Waals surface area contributed by atoms with Crippen LogP contribution in [0.5, 0.6) is 0 Å². The normalized spacial score (nSPS) is 22.2. The molecule has 0 atom stereocenters. The molecule has 1 heterocycles. The molecule has 0 aromatic heterocycles. The van der Waals surface area contributed by atoms with Crippen LogP contribution in [0, 0.1) is 0 Å². The molecule has 1 aliphatic heterocycles. The largest absolute Gasteiger partial charge is 0.360 e. The number of nitrogens with zero attached hydrogens (tertiary/aromatic N) is 1. The number of carbonyl (C=O) groups is 2. The predicted molar refractivity (Wildman–Crippen MR) is 67.3 cm³/mol. The molecule has 1 aliphatic carbocycles. The third-order valence-electron chi connectivity index (χ3n) is 3.17. The molecule has 0 aromatic carbocycles. The van der Waals surface area contributed by atoms with E-state index in [-0.39, 0.29) is 24.9 Å². The zero-order valence-electron chi connectivity index (χ0n) is 9.70. The molecular weight excluding hydrogens is 238 g/mol. The molecule has 0 spiro atoms. The molecule has 2 N–H and O–H groups in total. The van der Waals surface area contributed by atoms with Crippen molar-refractivity contribution >= 4 is 29.1 Å². The average Bonchev–Trinajstić information content (AvgIpc) is 2.29. The van der Waals surface area contributed by atoms with Crippen molar-refractivity contribution in [3.05, 3.63) is 0 Å². The molecule has 2 rings (SSSR count). The monoisotopic (exact) mass is 255 g/mol. The number of hydrogen-bond donors (Lipinski definition) is 2. The van der Waals surface area contributed by atoms with Crippen LogP contribution in [0.25, 0.3) is 0 Å². The number of carbonyl (C=O) groups excluding carboxylic acids is 2. The molecule has 0 bridgehead atoms. The van der Waals surface area contributed by atoms with E-state index in [0.29, 0.717) is 11.2 Å². The van der Waals surface area contributed by atoms with Crippen molar-refractivity contribution in [2.75, 3.05) is 13.1 Å². The number of thiocarbonyl (C=S) groups is 1. The van der Waals surface area contributed by atoms with Gasteiger partial charge in [-0.1, -0.05) is 19.3 Å². The van der Waals surface area contributed by atoms with Gasteiger partial charge in [0.1, 0.15) is 0 Å². The van der Waals surface area contributed by atoms with Crippen molar-refractivity contribution in [1.29, 1.82) is 0 Å². The first kappa shape index (κ1) is 12.3. The molecule has 5 nitrogen and oxygen atoms in total. The van der Waals surface area contributed by atoms with Crippen LogP contribution in [-0.2, 0) is 9.59 Å². The maximum atomic E-state index is 11.2. The summed E-state index contributed by atoms with van der Waals surface area (Å²) in [7, 11) is 0. The second kappa shape index (κ2) is 5.44. The van der Waals surface area contributed by atoms with Gasteiger partial charge in [0.05, 0.1) is 13.1 Å². The Kier molecular flexibility index (Phi) is 3.93. The van der Waals surface area contributed by atoms with Crippen LogP contribution >= 0.6 is 12.2 Å². The van der Waals surface area contributed by atoms with Gasteiger partial charge in [-0.05, 0) is 25.1 Å². The van der Waals surface area contributed by atoms with Gasteiger partial charge in [0.2, 0.25) is 11.8 Å². The highest BCUT2D eigenvalue weighted by molar-refractivity contribution is 7.80. The van der Waals surface area contributed by atoms with Crippen molar-refractivity contribution in [3.8, 4) is 0 Å². The van der Waals surface area contributed by atoms with Crippen molar-refractivity contribution < 1.29 is 9.59 Å². The molecular formula is C11H17N3O2S. The molecule has 1 saturated heterocycles. The van der Waals surface area contributed by atoms with Gasteiger partial charge in [-0.2, -0.15) is 0 Å². The Morgan fingerprint density at radius 3 is 2.35 bits per heavy atom. The van der Waals surface area contributed by atoms with Gasteiger partial charge in [-0.3, -0.25) is 14.9 Å². The minimum absolute atomic E-state index is 0.171.